The molecule has 0 radical (unpaired) electrons. The van der Waals surface area contributed by atoms with Crippen LogP contribution in [0.5, 0.6) is 0 Å². The van der Waals surface area contributed by atoms with E-state index in [0.29, 0.717) is 17.8 Å². The largest absolute Gasteiger partial charge is 0.479 e. The van der Waals surface area contributed by atoms with Gasteiger partial charge in [0.2, 0.25) is 0 Å². The van der Waals surface area contributed by atoms with Gasteiger partial charge in [0, 0.05) is 48.0 Å². The number of hydrogen-bond acceptors (Lipinski definition) is 4. The van der Waals surface area contributed by atoms with Crippen molar-refractivity contribution in [3.8, 4) is 11.1 Å². The van der Waals surface area contributed by atoms with E-state index in [-0.39, 0.29) is 0 Å². The first-order chi connectivity index (χ1) is 16.5. The van der Waals surface area contributed by atoms with Crippen molar-refractivity contribution >= 4 is 17.6 Å². The van der Waals surface area contributed by atoms with Gasteiger partial charge in [-0.25, -0.2) is 4.79 Å². The van der Waals surface area contributed by atoms with Crippen molar-refractivity contribution < 1.29 is 14.6 Å². The Morgan fingerprint density at radius 1 is 1.17 bits per heavy atom. The maximum Gasteiger partial charge on any atom is 0.337 e. The van der Waals surface area contributed by atoms with Crippen LogP contribution in [0.3, 0.4) is 0 Å². The highest BCUT2D eigenvalue weighted by molar-refractivity contribution is 6.30. The first-order valence-corrected chi connectivity index (χ1v) is 12.4. The minimum atomic E-state index is -1.12. The number of nitrogens with zero attached hydrogens (tertiary/aromatic N) is 2. The molecule has 3 aromatic rings. The quantitative estimate of drug-likeness (QED) is 0.424. The van der Waals surface area contributed by atoms with Crippen LogP contribution in [-0.2, 0) is 29.0 Å². The van der Waals surface area contributed by atoms with Gasteiger partial charge < -0.3 is 9.84 Å². The number of ether oxygens (including phenoxy) is 1. The zero-order chi connectivity index (χ0) is 25.3. The smallest absolute Gasteiger partial charge is 0.337 e. The summed E-state index contributed by atoms with van der Waals surface area (Å²) >= 11 is 6.22. The molecule has 1 atom stereocenters. The molecule has 5 nitrogen and oxygen atoms in total. The summed E-state index contributed by atoms with van der Waals surface area (Å²) in [6.45, 7) is 11.9. The Kier molecular flexibility index (Phi) is 7.32. The molecule has 6 heteroatoms. The number of carboxylic acids is 1. The van der Waals surface area contributed by atoms with E-state index in [2.05, 4.69) is 35.2 Å². The predicted molar refractivity (Wildman–Crippen MR) is 140 cm³/mol. The fourth-order valence-electron chi connectivity index (χ4n) is 4.75. The van der Waals surface area contributed by atoms with Gasteiger partial charge in [-0.1, -0.05) is 53.6 Å². The molecule has 0 bridgehead atoms. The highest BCUT2D eigenvalue weighted by atomic mass is 35.5. The molecule has 0 saturated heterocycles. The van der Waals surface area contributed by atoms with Crippen LogP contribution in [0.4, 0.5) is 0 Å². The molecule has 2 aromatic carbocycles. The Labute approximate surface area is 212 Å². The molecule has 35 heavy (non-hydrogen) atoms. The van der Waals surface area contributed by atoms with Gasteiger partial charge >= 0.3 is 5.97 Å². The molecule has 2 heterocycles. The van der Waals surface area contributed by atoms with Gasteiger partial charge in [0.25, 0.3) is 0 Å². The van der Waals surface area contributed by atoms with Crippen molar-refractivity contribution in [2.24, 2.45) is 0 Å². The Hall–Kier alpha value is -2.73. The average molecular weight is 493 g/mol. The van der Waals surface area contributed by atoms with Crippen LogP contribution in [0.2, 0.25) is 5.02 Å². The number of aliphatic carboxylic acids is 1. The van der Waals surface area contributed by atoms with Gasteiger partial charge in [0.05, 0.1) is 5.60 Å². The molecule has 0 aliphatic carbocycles. The van der Waals surface area contributed by atoms with E-state index in [0.717, 1.165) is 58.0 Å². The summed E-state index contributed by atoms with van der Waals surface area (Å²) in [5, 5.41) is 11.0. The average Bonchev–Trinajstić information content (AvgIpc) is 2.77. The number of hydrogen-bond donors (Lipinski definition) is 1. The molecule has 0 amide bonds. The normalized spacial score (nSPS) is 15.0. The minimum Gasteiger partial charge on any atom is -0.479 e. The minimum absolute atomic E-state index is 0.630. The van der Waals surface area contributed by atoms with E-state index in [1.165, 1.54) is 0 Å². The Balaban J connectivity index is 1.85. The van der Waals surface area contributed by atoms with Crippen molar-refractivity contribution in [2.75, 3.05) is 6.54 Å². The lowest BCUT2D eigenvalue weighted by Crippen LogP contribution is -2.33. The summed E-state index contributed by atoms with van der Waals surface area (Å²) in [5.74, 6) is -1.01. The van der Waals surface area contributed by atoms with Crippen molar-refractivity contribution in [3.05, 3.63) is 87.2 Å². The van der Waals surface area contributed by atoms with Gasteiger partial charge in [-0.2, -0.15) is 0 Å². The molecular formula is C29H33ClN2O3. The fraction of sp³-hybridized carbons (Fsp3) is 0.379. The molecule has 1 aliphatic rings. The number of aryl methyl sites for hydroxylation is 2. The topological polar surface area (TPSA) is 62.7 Å². The van der Waals surface area contributed by atoms with Crippen LogP contribution in [0.15, 0.2) is 48.5 Å². The van der Waals surface area contributed by atoms with Gasteiger partial charge in [-0.05, 0) is 69.0 Å². The summed E-state index contributed by atoms with van der Waals surface area (Å²) < 4.78 is 6.11. The van der Waals surface area contributed by atoms with Gasteiger partial charge in [-0.3, -0.25) is 9.88 Å². The predicted octanol–water partition coefficient (Wildman–Crippen LogP) is 6.52. The molecule has 4 rings (SSSR count). The van der Waals surface area contributed by atoms with Crippen molar-refractivity contribution in [1.82, 2.24) is 9.88 Å². The second-order valence-corrected chi connectivity index (χ2v) is 10.8. The Morgan fingerprint density at radius 2 is 1.89 bits per heavy atom. The monoisotopic (exact) mass is 492 g/mol. The van der Waals surface area contributed by atoms with Crippen molar-refractivity contribution in [1.29, 1.82) is 0 Å². The molecule has 184 valence electrons. The van der Waals surface area contributed by atoms with Crippen molar-refractivity contribution in [2.45, 2.75) is 65.8 Å². The molecular weight excluding hydrogens is 460 g/mol. The summed E-state index contributed by atoms with van der Waals surface area (Å²) in [6.07, 6.45) is -0.319. The second-order valence-electron chi connectivity index (χ2n) is 10.3. The summed E-state index contributed by atoms with van der Waals surface area (Å²) in [4.78, 5) is 19.8. The molecule has 1 N–H and O–H groups in total. The maximum absolute atomic E-state index is 12.5. The van der Waals surface area contributed by atoms with Gasteiger partial charge in [-0.15, -0.1) is 0 Å². The third-order valence-corrected chi connectivity index (χ3v) is 6.49. The summed E-state index contributed by atoms with van der Waals surface area (Å²) in [6, 6.07) is 16.2. The molecule has 1 aliphatic heterocycles. The fourth-order valence-corrected chi connectivity index (χ4v) is 4.96. The van der Waals surface area contributed by atoms with E-state index in [1.807, 2.05) is 52.8 Å². The zero-order valence-corrected chi connectivity index (χ0v) is 21.8. The lowest BCUT2D eigenvalue weighted by atomic mass is 9.87. The second kappa shape index (κ2) is 10.1. The molecule has 0 saturated carbocycles. The van der Waals surface area contributed by atoms with Crippen LogP contribution < -0.4 is 0 Å². The first-order valence-electron chi connectivity index (χ1n) is 12.0. The Bertz CT molecular complexity index is 1230. The third-order valence-electron chi connectivity index (χ3n) is 6.25. The lowest BCUT2D eigenvalue weighted by molar-refractivity contribution is -0.160. The molecule has 1 aromatic heterocycles. The Morgan fingerprint density at radius 3 is 2.51 bits per heavy atom. The molecule has 0 fully saturated rings. The van der Waals surface area contributed by atoms with E-state index in [9.17, 15) is 9.90 Å². The zero-order valence-electron chi connectivity index (χ0n) is 21.1. The first kappa shape index (κ1) is 25.4. The highest BCUT2D eigenvalue weighted by Gasteiger charge is 2.34. The standard InChI is InChI=1S/C29H33ClN2O3/c1-18-9-11-21(12-10-18)26-23-17-32(16-20-7-6-8-22(30)15-20)14-13-24(23)31-19(2)25(26)27(28(33)34)35-29(3,4)5/h6-12,15,27H,13-14,16-17H2,1-5H3,(H,33,34). The SMILES string of the molecule is Cc1ccc(-c2c3c(nc(C)c2C(OC(C)(C)C)C(=O)O)CCN(Cc2cccc(Cl)c2)C3)cc1. The summed E-state index contributed by atoms with van der Waals surface area (Å²) in [7, 11) is 0. The van der Waals surface area contributed by atoms with Crippen LogP contribution >= 0.6 is 11.6 Å². The van der Waals surface area contributed by atoms with Crippen molar-refractivity contribution in [3.63, 3.8) is 0 Å². The van der Waals surface area contributed by atoms with Crippen LogP contribution in [0, 0.1) is 13.8 Å². The number of carbonyl (C=O) groups is 1. The van der Waals surface area contributed by atoms with E-state index in [4.69, 9.17) is 21.3 Å². The molecule has 1 unspecified atom stereocenters. The number of fused-ring (bicyclic) bond motifs is 1. The van der Waals surface area contributed by atoms with E-state index in [1.54, 1.807) is 0 Å². The summed E-state index contributed by atoms with van der Waals surface area (Å²) in [5.41, 5.74) is 7.04. The number of aromatic nitrogens is 1. The number of carboxylic acid groups (broad SMARTS) is 1. The van der Waals surface area contributed by atoms with Crippen LogP contribution in [-0.4, -0.2) is 33.1 Å². The molecule has 0 spiro atoms. The lowest BCUT2D eigenvalue weighted by Gasteiger charge is -2.33. The number of benzene rings is 2. The van der Waals surface area contributed by atoms with Crippen LogP contribution in [0.1, 0.15) is 60.5 Å². The van der Waals surface area contributed by atoms with Gasteiger partial charge in [0.15, 0.2) is 6.10 Å². The number of halogens is 1. The van der Waals surface area contributed by atoms with Crippen LogP contribution in [0.25, 0.3) is 11.1 Å². The van der Waals surface area contributed by atoms with E-state index >= 15 is 0 Å². The third kappa shape index (κ3) is 5.92. The van der Waals surface area contributed by atoms with E-state index < -0.39 is 17.7 Å². The van der Waals surface area contributed by atoms with Gasteiger partial charge in [0.1, 0.15) is 0 Å². The maximum atomic E-state index is 12.5. The number of pyridine rings is 1. The highest BCUT2D eigenvalue weighted by Crippen LogP contribution is 2.40. The number of rotatable bonds is 6.